The van der Waals surface area contributed by atoms with E-state index in [9.17, 15) is 4.79 Å². The van der Waals surface area contributed by atoms with Crippen LogP contribution in [0.2, 0.25) is 0 Å². The largest absolute Gasteiger partial charge is 0.339 e. The Balaban J connectivity index is 0.00000162. The Kier molecular flexibility index (Phi) is 6.63. The number of hydrogen-bond donors (Lipinski definition) is 1. The van der Waals surface area contributed by atoms with Crippen molar-refractivity contribution in [3.05, 3.63) is 20.8 Å². The predicted octanol–water partition coefficient (Wildman–Crippen LogP) is 3.15. The number of thiophene rings is 1. The molecule has 1 fully saturated rings. The highest BCUT2D eigenvalue weighted by molar-refractivity contribution is 9.11. The summed E-state index contributed by atoms with van der Waals surface area (Å²) in [5.41, 5.74) is 0.793. The fraction of sp³-hybridized carbons (Fsp3) is 0.583. The van der Waals surface area contributed by atoms with Crippen LogP contribution in [0.5, 0.6) is 0 Å². The molecular weight excluding hydrogens is 336 g/mol. The Hall–Kier alpha value is -0.100. The molecule has 0 radical (unpaired) electrons. The number of hydrogen-bond acceptors (Lipinski definition) is 3. The predicted molar refractivity (Wildman–Crippen MR) is 81.9 cm³/mol. The monoisotopic (exact) mass is 352 g/mol. The summed E-state index contributed by atoms with van der Waals surface area (Å²) in [6, 6.07) is 2.27. The van der Waals surface area contributed by atoms with Crippen molar-refractivity contribution in [2.45, 2.75) is 25.3 Å². The van der Waals surface area contributed by atoms with Gasteiger partial charge in [-0.3, -0.25) is 4.79 Å². The molecule has 1 aliphatic rings. The Morgan fingerprint density at radius 3 is 2.94 bits per heavy atom. The van der Waals surface area contributed by atoms with Crippen LogP contribution in [0, 0.1) is 0 Å². The van der Waals surface area contributed by atoms with E-state index >= 15 is 0 Å². The Labute approximate surface area is 126 Å². The first-order valence-electron chi connectivity index (χ1n) is 5.90. The molecule has 1 N–H and O–H groups in total. The van der Waals surface area contributed by atoms with E-state index in [1.54, 1.807) is 11.3 Å². The molecule has 1 aromatic rings. The van der Waals surface area contributed by atoms with Gasteiger partial charge in [-0.25, -0.2) is 0 Å². The van der Waals surface area contributed by atoms with Gasteiger partial charge in [0.2, 0.25) is 0 Å². The normalized spacial score (nSPS) is 19.8. The molecule has 3 nitrogen and oxygen atoms in total. The molecule has 1 aromatic heterocycles. The van der Waals surface area contributed by atoms with Gasteiger partial charge in [-0.15, -0.1) is 23.7 Å². The molecule has 2 heterocycles. The third-order valence-electron chi connectivity index (χ3n) is 3.23. The van der Waals surface area contributed by atoms with Gasteiger partial charge in [-0.05, 0) is 54.3 Å². The Morgan fingerprint density at radius 1 is 1.50 bits per heavy atom. The molecule has 1 saturated heterocycles. The first-order valence-corrected chi connectivity index (χ1v) is 7.57. The lowest BCUT2D eigenvalue weighted by molar-refractivity contribution is 0.0721. The van der Waals surface area contributed by atoms with Gasteiger partial charge < -0.3 is 10.2 Å². The fourth-order valence-corrected chi connectivity index (χ4v) is 3.31. The molecule has 1 aliphatic heterocycles. The number of nitrogens with zero attached hydrogens (tertiary/aromatic N) is 1. The van der Waals surface area contributed by atoms with Crippen molar-refractivity contribution in [2.75, 3.05) is 20.1 Å². The minimum atomic E-state index is 0. The molecule has 1 atom stereocenters. The minimum Gasteiger partial charge on any atom is -0.339 e. The maximum Gasteiger partial charge on any atom is 0.254 e. The maximum atomic E-state index is 12.3. The van der Waals surface area contributed by atoms with Crippen LogP contribution in [0.15, 0.2) is 15.2 Å². The number of rotatable bonds is 2. The summed E-state index contributed by atoms with van der Waals surface area (Å²) in [6.45, 7) is 2.08. The second-order valence-electron chi connectivity index (χ2n) is 4.39. The molecule has 0 bridgehead atoms. The molecular formula is C12H18BrClN2OS. The molecule has 1 unspecified atom stereocenters. The van der Waals surface area contributed by atoms with Gasteiger partial charge in [0.15, 0.2) is 0 Å². The van der Waals surface area contributed by atoms with Gasteiger partial charge in [0.25, 0.3) is 5.91 Å². The van der Waals surface area contributed by atoms with E-state index in [4.69, 9.17) is 0 Å². The Bertz CT molecular complexity index is 391. The molecule has 0 aliphatic carbocycles. The zero-order valence-corrected chi connectivity index (χ0v) is 13.5. The minimum absolute atomic E-state index is 0. The first-order chi connectivity index (χ1) is 8.18. The van der Waals surface area contributed by atoms with Crippen molar-refractivity contribution in [3.63, 3.8) is 0 Å². The van der Waals surface area contributed by atoms with E-state index in [1.165, 1.54) is 0 Å². The van der Waals surface area contributed by atoms with Crippen LogP contribution in [-0.4, -0.2) is 37.0 Å². The number of carbonyl (C=O) groups is 1. The summed E-state index contributed by atoms with van der Waals surface area (Å²) in [4.78, 5) is 14.2. The fourth-order valence-electron chi connectivity index (χ4n) is 2.18. The molecule has 2 rings (SSSR count). The van der Waals surface area contributed by atoms with E-state index in [1.807, 2.05) is 23.4 Å². The third-order valence-corrected chi connectivity index (χ3v) is 4.73. The van der Waals surface area contributed by atoms with E-state index in [0.29, 0.717) is 6.04 Å². The van der Waals surface area contributed by atoms with Crippen LogP contribution in [0.3, 0.4) is 0 Å². The average molecular weight is 354 g/mol. The lowest BCUT2D eigenvalue weighted by Crippen LogP contribution is -2.37. The zero-order chi connectivity index (χ0) is 12.3. The Morgan fingerprint density at radius 2 is 2.28 bits per heavy atom. The van der Waals surface area contributed by atoms with Crippen molar-refractivity contribution in [3.8, 4) is 0 Å². The highest BCUT2D eigenvalue weighted by Gasteiger charge is 2.22. The van der Waals surface area contributed by atoms with Crippen molar-refractivity contribution in [1.29, 1.82) is 0 Å². The van der Waals surface area contributed by atoms with Crippen LogP contribution in [-0.2, 0) is 0 Å². The topological polar surface area (TPSA) is 32.3 Å². The van der Waals surface area contributed by atoms with Crippen LogP contribution < -0.4 is 5.32 Å². The second kappa shape index (κ2) is 7.48. The van der Waals surface area contributed by atoms with Gasteiger partial charge in [-0.1, -0.05) is 0 Å². The lowest BCUT2D eigenvalue weighted by atomic mass is 10.1. The van der Waals surface area contributed by atoms with Crippen LogP contribution >= 0.6 is 39.7 Å². The quantitative estimate of drug-likeness (QED) is 0.886. The summed E-state index contributed by atoms with van der Waals surface area (Å²) in [5, 5.41) is 5.29. The zero-order valence-electron chi connectivity index (χ0n) is 10.3. The van der Waals surface area contributed by atoms with Crippen molar-refractivity contribution >= 4 is 45.6 Å². The number of nitrogens with one attached hydrogen (secondary N) is 1. The van der Waals surface area contributed by atoms with Gasteiger partial charge in [-0.2, -0.15) is 0 Å². The van der Waals surface area contributed by atoms with E-state index in [2.05, 4.69) is 21.2 Å². The van der Waals surface area contributed by atoms with Crippen molar-refractivity contribution in [2.24, 2.45) is 0 Å². The number of halogens is 2. The summed E-state index contributed by atoms with van der Waals surface area (Å²) in [6.07, 6.45) is 3.30. The average Bonchev–Trinajstić information content (AvgIpc) is 2.60. The highest BCUT2D eigenvalue weighted by Crippen LogP contribution is 2.23. The lowest BCUT2D eigenvalue weighted by Gasteiger charge is -2.26. The van der Waals surface area contributed by atoms with Gasteiger partial charge in [0, 0.05) is 18.5 Å². The molecule has 18 heavy (non-hydrogen) atoms. The van der Waals surface area contributed by atoms with Gasteiger partial charge >= 0.3 is 0 Å². The van der Waals surface area contributed by atoms with E-state index < -0.39 is 0 Å². The molecule has 0 spiro atoms. The molecule has 1 amide bonds. The molecule has 6 heteroatoms. The van der Waals surface area contributed by atoms with Crippen molar-refractivity contribution in [1.82, 2.24) is 10.2 Å². The molecule has 102 valence electrons. The standard InChI is InChI=1S/C12H17BrN2OS.ClH/c1-15(10-3-2-5-14-6-4-10)12(16)9-7-11(13)17-8-9;/h7-8,10,14H,2-6H2,1H3;1H. The van der Waals surface area contributed by atoms with Crippen LogP contribution in [0.25, 0.3) is 0 Å². The summed E-state index contributed by atoms with van der Waals surface area (Å²) in [7, 11) is 1.92. The SMILES string of the molecule is CN(C(=O)c1csc(Br)c1)C1CCCNCC1.Cl. The smallest absolute Gasteiger partial charge is 0.254 e. The molecule has 0 saturated carbocycles. The van der Waals surface area contributed by atoms with Crippen LogP contribution in [0.1, 0.15) is 29.6 Å². The van der Waals surface area contributed by atoms with Gasteiger partial charge in [0.05, 0.1) is 9.35 Å². The summed E-state index contributed by atoms with van der Waals surface area (Å²) in [5.74, 6) is 0.138. The number of amides is 1. The van der Waals surface area contributed by atoms with Crippen LogP contribution in [0.4, 0.5) is 0 Å². The second-order valence-corrected chi connectivity index (χ2v) is 6.68. The van der Waals surface area contributed by atoms with E-state index in [-0.39, 0.29) is 18.3 Å². The third kappa shape index (κ3) is 3.95. The van der Waals surface area contributed by atoms with Crippen molar-refractivity contribution < 1.29 is 4.79 Å². The summed E-state index contributed by atoms with van der Waals surface area (Å²) >= 11 is 4.95. The summed E-state index contributed by atoms with van der Waals surface area (Å²) < 4.78 is 1.01. The van der Waals surface area contributed by atoms with Gasteiger partial charge in [0.1, 0.15) is 0 Å². The highest BCUT2D eigenvalue weighted by atomic mass is 79.9. The van der Waals surface area contributed by atoms with E-state index in [0.717, 1.165) is 41.7 Å². The first kappa shape index (κ1) is 16.0. The maximum absolute atomic E-state index is 12.3. The number of carbonyl (C=O) groups excluding carboxylic acids is 1. The molecule has 0 aromatic carbocycles.